The minimum atomic E-state index is -2.18. The molecule has 35 heavy (non-hydrogen) atoms. The quantitative estimate of drug-likeness (QED) is 0.237. The Morgan fingerprint density at radius 3 is 2.77 bits per heavy atom. The highest BCUT2D eigenvalue weighted by Gasteiger charge is 2.48. The molecular formula is C21H33FN8O4Si. The molecule has 5 atom stereocenters. The Morgan fingerprint density at radius 1 is 1.49 bits per heavy atom. The van der Waals surface area contributed by atoms with Crippen LogP contribution < -0.4 is 10.9 Å². The molecule has 0 radical (unpaired) electrons. The van der Waals surface area contributed by atoms with Crippen molar-refractivity contribution in [2.75, 3.05) is 11.9 Å². The van der Waals surface area contributed by atoms with E-state index in [9.17, 15) is 9.59 Å². The first-order chi connectivity index (χ1) is 16.3. The van der Waals surface area contributed by atoms with Gasteiger partial charge in [-0.15, -0.1) is 0 Å². The van der Waals surface area contributed by atoms with Crippen molar-refractivity contribution in [3.05, 3.63) is 27.1 Å². The van der Waals surface area contributed by atoms with E-state index < -0.39 is 38.4 Å². The number of fused-ring (bicyclic) bond motifs is 1. The van der Waals surface area contributed by atoms with Gasteiger partial charge in [-0.2, -0.15) is 4.98 Å². The fourth-order valence-electron chi connectivity index (χ4n) is 3.36. The number of carbonyl (C=O) groups is 1. The van der Waals surface area contributed by atoms with Gasteiger partial charge < -0.3 is 9.16 Å². The summed E-state index contributed by atoms with van der Waals surface area (Å²) < 4.78 is 28.8. The number of nitrogens with one attached hydrogen (secondary N) is 2. The molecule has 12 nitrogen and oxygen atoms in total. The number of ether oxygens (including phenoxy) is 1. The second-order valence-corrected chi connectivity index (χ2v) is 15.1. The van der Waals surface area contributed by atoms with Gasteiger partial charge in [0.2, 0.25) is 11.9 Å². The van der Waals surface area contributed by atoms with E-state index in [1.54, 1.807) is 6.92 Å². The van der Waals surface area contributed by atoms with Crippen LogP contribution in [0.2, 0.25) is 18.1 Å². The average Bonchev–Trinajstić information content (AvgIpc) is 3.33. The molecule has 1 fully saturated rings. The first-order valence-corrected chi connectivity index (χ1v) is 14.5. The van der Waals surface area contributed by atoms with Crippen molar-refractivity contribution in [2.24, 2.45) is 11.0 Å². The predicted octanol–water partition coefficient (Wildman–Crippen LogP) is 4.04. The Labute approximate surface area is 203 Å². The molecule has 2 aromatic heterocycles. The van der Waals surface area contributed by atoms with Crippen molar-refractivity contribution in [1.29, 1.82) is 0 Å². The summed E-state index contributed by atoms with van der Waals surface area (Å²) in [4.78, 5) is 38.5. The third-order valence-electron chi connectivity index (χ3n) is 6.90. The maximum atomic E-state index is 15.4. The van der Waals surface area contributed by atoms with Gasteiger partial charge in [-0.25, -0.2) is 9.37 Å². The zero-order chi connectivity index (χ0) is 26.1. The summed E-state index contributed by atoms with van der Waals surface area (Å²) in [5, 5.41) is 6.12. The Kier molecular flexibility index (Phi) is 7.70. The van der Waals surface area contributed by atoms with Crippen molar-refractivity contribution in [3.63, 3.8) is 0 Å². The van der Waals surface area contributed by atoms with Gasteiger partial charge in [-0.1, -0.05) is 39.7 Å². The third kappa shape index (κ3) is 5.40. The van der Waals surface area contributed by atoms with E-state index in [1.807, 2.05) is 20.0 Å². The summed E-state index contributed by atoms with van der Waals surface area (Å²) in [5.41, 5.74) is 8.52. The molecule has 1 aliphatic heterocycles. The average molecular weight is 509 g/mol. The van der Waals surface area contributed by atoms with E-state index in [0.29, 0.717) is 6.42 Å². The lowest BCUT2D eigenvalue weighted by Crippen LogP contribution is -2.43. The second kappa shape index (κ2) is 10.1. The van der Waals surface area contributed by atoms with Gasteiger partial charge in [-0.3, -0.25) is 24.5 Å². The Bertz CT molecular complexity index is 1190. The molecule has 14 heteroatoms. The number of rotatable bonds is 8. The summed E-state index contributed by atoms with van der Waals surface area (Å²) in [7, 11) is -2.18. The largest absolute Gasteiger partial charge is 0.414 e. The molecule has 2 N–H and O–H groups in total. The van der Waals surface area contributed by atoms with Gasteiger partial charge in [0.25, 0.3) is 5.56 Å². The van der Waals surface area contributed by atoms with Gasteiger partial charge in [0, 0.05) is 10.8 Å². The van der Waals surface area contributed by atoms with Crippen molar-refractivity contribution < 1.29 is 18.3 Å². The first-order valence-electron chi connectivity index (χ1n) is 11.6. The zero-order valence-corrected chi connectivity index (χ0v) is 22.1. The normalized spacial score (nSPS) is 23.8. The molecule has 192 valence electrons. The van der Waals surface area contributed by atoms with Gasteiger partial charge in [-0.05, 0) is 30.1 Å². The summed E-state index contributed by atoms with van der Waals surface area (Å²) in [6, 6.07) is -1.23. The van der Waals surface area contributed by atoms with Crippen molar-refractivity contribution >= 4 is 31.3 Å². The molecule has 0 spiro atoms. The summed E-state index contributed by atoms with van der Waals surface area (Å²) in [5.74, 6) is -0.665. The number of halogens is 1. The molecule has 3 heterocycles. The molecule has 1 amide bonds. The zero-order valence-electron chi connectivity index (χ0n) is 21.1. The number of H-pyrrole nitrogens is 1. The number of azide groups is 1. The molecule has 2 aromatic rings. The van der Waals surface area contributed by atoms with E-state index >= 15 is 4.39 Å². The van der Waals surface area contributed by atoms with Gasteiger partial charge in [0.15, 0.2) is 19.5 Å². The smallest absolute Gasteiger partial charge is 0.280 e. The van der Waals surface area contributed by atoms with Crippen LogP contribution in [-0.4, -0.2) is 58.7 Å². The Balaban J connectivity index is 1.94. The number of anilines is 1. The number of alkyl halides is 1. The number of imidazole rings is 1. The topological polar surface area (TPSA) is 160 Å². The molecule has 1 aliphatic rings. The molecule has 0 bridgehead atoms. The van der Waals surface area contributed by atoms with Crippen LogP contribution in [-0.2, 0) is 14.0 Å². The molecular weight excluding hydrogens is 475 g/mol. The lowest BCUT2D eigenvalue weighted by Gasteiger charge is -2.37. The first kappa shape index (κ1) is 26.8. The van der Waals surface area contributed by atoms with Crippen LogP contribution in [0.4, 0.5) is 10.3 Å². The van der Waals surface area contributed by atoms with Gasteiger partial charge >= 0.3 is 0 Å². The van der Waals surface area contributed by atoms with Crippen LogP contribution in [0.15, 0.2) is 16.2 Å². The van der Waals surface area contributed by atoms with Crippen molar-refractivity contribution in [3.8, 4) is 0 Å². The fourth-order valence-corrected chi connectivity index (χ4v) is 4.37. The molecule has 0 saturated carbocycles. The van der Waals surface area contributed by atoms with E-state index in [2.05, 4.69) is 51.1 Å². The van der Waals surface area contributed by atoms with E-state index in [4.69, 9.17) is 14.7 Å². The van der Waals surface area contributed by atoms with Crippen molar-refractivity contribution in [1.82, 2.24) is 19.5 Å². The minimum Gasteiger partial charge on any atom is -0.414 e. The number of nitrogens with zero attached hydrogens (tertiary/aromatic N) is 6. The number of aromatic amines is 1. The second-order valence-electron chi connectivity index (χ2n) is 10.3. The van der Waals surface area contributed by atoms with Crippen molar-refractivity contribution in [2.45, 2.75) is 83.7 Å². The molecule has 2 unspecified atom stereocenters. The highest BCUT2D eigenvalue weighted by molar-refractivity contribution is 6.74. The van der Waals surface area contributed by atoms with Crippen LogP contribution in [0.1, 0.15) is 47.3 Å². The molecule has 0 aliphatic carbocycles. The van der Waals surface area contributed by atoms with Crippen LogP contribution >= 0.6 is 0 Å². The SMILES string of the molecule is CCC(C)C(=O)Nc1nc2c(ncn2[C@@H]2O[C@H](CO[Si](C)(C)C(C)(C)C)[C@@H](F)C2N=[N+]=[N-])c(=O)[nH]1. The highest BCUT2D eigenvalue weighted by atomic mass is 28.4. The minimum absolute atomic E-state index is 0.0114. The third-order valence-corrected chi connectivity index (χ3v) is 11.4. The lowest BCUT2D eigenvalue weighted by atomic mass is 10.1. The molecule has 0 aromatic carbocycles. The summed E-state index contributed by atoms with van der Waals surface area (Å²) >= 11 is 0. The number of carbonyl (C=O) groups excluding carboxylic acids is 1. The van der Waals surface area contributed by atoms with E-state index in [0.717, 1.165) is 0 Å². The lowest BCUT2D eigenvalue weighted by molar-refractivity contribution is -0.119. The fraction of sp³-hybridized carbons (Fsp3) is 0.714. The highest BCUT2D eigenvalue weighted by Crippen LogP contribution is 2.39. The Hall–Kier alpha value is -2.80. The standard InChI is InChI=1S/C21H33FN8O4Si/c1-8-11(2)17(31)26-20-25-16-15(18(32)27-20)24-10-30(16)19-14(28-29-23)13(22)12(34-19)9-33-35(6,7)21(3,4)5/h10-14,19H,8-9H2,1-7H3,(H2,25,26,27,31,32)/t11?,12-,13-,14?,19-/m1/s1. The maximum Gasteiger partial charge on any atom is 0.280 e. The summed E-state index contributed by atoms with van der Waals surface area (Å²) in [6.07, 6.45) is -1.86. The molecule has 1 saturated heterocycles. The van der Waals surface area contributed by atoms with Gasteiger partial charge in [0.1, 0.15) is 24.5 Å². The Morgan fingerprint density at radius 2 is 2.17 bits per heavy atom. The monoisotopic (exact) mass is 508 g/mol. The molecule has 3 rings (SSSR count). The van der Waals surface area contributed by atoms with Crippen LogP contribution in [0.25, 0.3) is 21.6 Å². The maximum absolute atomic E-state index is 15.4. The predicted molar refractivity (Wildman–Crippen MR) is 131 cm³/mol. The van der Waals surface area contributed by atoms with E-state index in [1.165, 1.54) is 10.9 Å². The van der Waals surface area contributed by atoms with Crippen LogP contribution in [0, 0.1) is 5.92 Å². The van der Waals surface area contributed by atoms with Gasteiger partial charge in [0.05, 0.1) is 12.9 Å². The number of hydrogen-bond acceptors (Lipinski definition) is 7. The number of aromatic nitrogens is 4. The van der Waals surface area contributed by atoms with Crippen LogP contribution in [0.5, 0.6) is 0 Å². The number of hydrogen-bond donors (Lipinski definition) is 2. The van der Waals surface area contributed by atoms with E-state index in [-0.39, 0.29) is 40.6 Å². The van der Waals surface area contributed by atoms with Crippen LogP contribution in [0.3, 0.4) is 0 Å². The summed E-state index contributed by atoms with van der Waals surface area (Å²) in [6.45, 7) is 13.9. The number of amides is 1.